The SMILES string of the molecule is CCN(CC)c1ccc(/C=C2\SC(=S)N(c3cccc(O)c3)C2=O)cc1. The van der Waals surface area contributed by atoms with Crippen molar-refractivity contribution in [1.82, 2.24) is 0 Å². The highest BCUT2D eigenvalue weighted by molar-refractivity contribution is 8.27. The van der Waals surface area contributed by atoms with Gasteiger partial charge < -0.3 is 10.0 Å². The van der Waals surface area contributed by atoms with E-state index < -0.39 is 0 Å². The Morgan fingerprint density at radius 1 is 1.15 bits per heavy atom. The zero-order valence-electron chi connectivity index (χ0n) is 14.7. The van der Waals surface area contributed by atoms with E-state index >= 15 is 0 Å². The van der Waals surface area contributed by atoms with Gasteiger partial charge in [0.25, 0.3) is 5.91 Å². The number of aromatic hydroxyl groups is 1. The number of hydrogen-bond acceptors (Lipinski definition) is 5. The quantitative estimate of drug-likeness (QED) is 0.601. The zero-order valence-corrected chi connectivity index (χ0v) is 16.3. The predicted molar refractivity (Wildman–Crippen MR) is 114 cm³/mol. The van der Waals surface area contributed by atoms with E-state index in [1.165, 1.54) is 28.4 Å². The molecule has 0 radical (unpaired) electrons. The van der Waals surface area contributed by atoms with E-state index in [-0.39, 0.29) is 11.7 Å². The van der Waals surface area contributed by atoms with Gasteiger partial charge in [-0.3, -0.25) is 9.69 Å². The van der Waals surface area contributed by atoms with Crippen LogP contribution in [0.2, 0.25) is 0 Å². The molecule has 0 bridgehead atoms. The van der Waals surface area contributed by atoms with Crippen LogP contribution in [-0.4, -0.2) is 28.4 Å². The number of nitrogens with zero attached hydrogens (tertiary/aromatic N) is 2. The van der Waals surface area contributed by atoms with Crippen LogP contribution in [0.3, 0.4) is 0 Å². The molecule has 2 aromatic rings. The summed E-state index contributed by atoms with van der Waals surface area (Å²) in [7, 11) is 0. The maximum atomic E-state index is 12.8. The van der Waals surface area contributed by atoms with Crippen molar-refractivity contribution >= 4 is 51.7 Å². The number of thiocarbonyl (C=S) groups is 1. The number of carbonyl (C=O) groups is 1. The first-order valence-corrected chi connectivity index (χ1v) is 9.68. The molecule has 4 nitrogen and oxygen atoms in total. The second-order valence-corrected chi connectivity index (χ2v) is 7.48. The number of rotatable bonds is 5. The molecule has 134 valence electrons. The van der Waals surface area contributed by atoms with Crippen molar-refractivity contribution in [2.75, 3.05) is 22.9 Å². The van der Waals surface area contributed by atoms with E-state index in [4.69, 9.17) is 12.2 Å². The van der Waals surface area contributed by atoms with E-state index in [9.17, 15) is 9.90 Å². The molecule has 1 heterocycles. The maximum absolute atomic E-state index is 12.8. The Morgan fingerprint density at radius 2 is 1.85 bits per heavy atom. The van der Waals surface area contributed by atoms with Gasteiger partial charge in [0.1, 0.15) is 5.75 Å². The molecule has 3 rings (SSSR count). The largest absolute Gasteiger partial charge is 0.508 e. The van der Waals surface area contributed by atoms with Gasteiger partial charge in [0.05, 0.1) is 10.6 Å². The molecule has 1 aliphatic heterocycles. The molecule has 0 aliphatic carbocycles. The van der Waals surface area contributed by atoms with Gasteiger partial charge in [-0.25, -0.2) is 0 Å². The average Bonchev–Trinajstić information content (AvgIpc) is 2.91. The third-order valence-electron chi connectivity index (χ3n) is 4.20. The lowest BCUT2D eigenvalue weighted by Gasteiger charge is -2.20. The summed E-state index contributed by atoms with van der Waals surface area (Å²) in [5, 5.41) is 9.65. The Bertz CT molecular complexity index is 858. The van der Waals surface area contributed by atoms with Gasteiger partial charge in [-0.05, 0) is 49.8 Å². The number of thioether (sulfide) groups is 1. The normalized spacial score (nSPS) is 15.8. The fourth-order valence-corrected chi connectivity index (χ4v) is 4.14. The molecule has 1 saturated heterocycles. The lowest BCUT2D eigenvalue weighted by Crippen LogP contribution is -2.27. The smallest absolute Gasteiger partial charge is 0.270 e. The fraction of sp³-hybridized carbons (Fsp3) is 0.200. The zero-order chi connectivity index (χ0) is 18.7. The average molecular weight is 385 g/mol. The number of phenols is 1. The molecule has 0 saturated carbocycles. The number of anilines is 2. The summed E-state index contributed by atoms with van der Waals surface area (Å²) in [5.41, 5.74) is 2.70. The van der Waals surface area contributed by atoms with Crippen molar-refractivity contribution in [2.24, 2.45) is 0 Å². The van der Waals surface area contributed by atoms with Crippen molar-refractivity contribution in [3.63, 3.8) is 0 Å². The minimum absolute atomic E-state index is 0.104. The standard InChI is InChI=1S/C20H20N2O2S2/c1-3-21(4-2)15-10-8-14(9-11-15)12-18-19(24)22(20(25)26-18)16-6-5-7-17(23)13-16/h5-13,23H,3-4H2,1-2H3/b18-12-. The van der Waals surface area contributed by atoms with Crippen molar-refractivity contribution in [2.45, 2.75) is 13.8 Å². The minimum Gasteiger partial charge on any atom is -0.508 e. The second kappa shape index (κ2) is 7.93. The summed E-state index contributed by atoms with van der Waals surface area (Å²) in [5.74, 6) is -0.0639. The van der Waals surface area contributed by atoms with Gasteiger partial charge in [0.15, 0.2) is 4.32 Å². The number of hydrogen-bond donors (Lipinski definition) is 1. The highest BCUT2D eigenvalue weighted by Gasteiger charge is 2.33. The summed E-state index contributed by atoms with van der Waals surface area (Å²) >= 11 is 6.64. The Hall–Kier alpha value is -2.31. The molecule has 2 aromatic carbocycles. The summed E-state index contributed by atoms with van der Waals surface area (Å²) < 4.78 is 0.464. The highest BCUT2D eigenvalue weighted by atomic mass is 32.2. The van der Waals surface area contributed by atoms with Crippen LogP contribution in [0.4, 0.5) is 11.4 Å². The first kappa shape index (κ1) is 18.5. The van der Waals surface area contributed by atoms with Gasteiger partial charge in [-0.15, -0.1) is 0 Å². The van der Waals surface area contributed by atoms with Crippen molar-refractivity contribution in [3.8, 4) is 5.75 Å². The maximum Gasteiger partial charge on any atom is 0.270 e. The predicted octanol–water partition coefficient (Wildman–Crippen LogP) is 4.64. The van der Waals surface area contributed by atoms with E-state index in [1.807, 2.05) is 18.2 Å². The Labute approximate surface area is 163 Å². The van der Waals surface area contributed by atoms with Crippen molar-refractivity contribution in [3.05, 3.63) is 59.0 Å². The number of amides is 1. The first-order valence-electron chi connectivity index (χ1n) is 8.45. The van der Waals surface area contributed by atoms with Crippen LogP contribution in [0.15, 0.2) is 53.4 Å². The lowest BCUT2D eigenvalue weighted by atomic mass is 10.1. The van der Waals surface area contributed by atoms with Gasteiger partial charge >= 0.3 is 0 Å². The van der Waals surface area contributed by atoms with E-state index in [0.29, 0.717) is 14.9 Å². The van der Waals surface area contributed by atoms with Crippen molar-refractivity contribution in [1.29, 1.82) is 0 Å². The fourth-order valence-electron chi connectivity index (χ4n) is 2.84. The Morgan fingerprint density at radius 3 is 2.46 bits per heavy atom. The number of benzene rings is 2. The van der Waals surface area contributed by atoms with E-state index in [2.05, 4.69) is 30.9 Å². The molecule has 1 N–H and O–H groups in total. The molecule has 26 heavy (non-hydrogen) atoms. The molecule has 0 atom stereocenters. The van der Waals surface area contributed by atoms with Gasteiger partial charge in [0, 0.05) is 24.8 Å². The van der Waals surface area contributed by atoms with Gasteiger partial charge in [-0.1, -0.05) is 42.2 Å². The van der Waals surface area contributed by atoms with Crippen LogP contribution in [-0.2, 0) is 4.79 Å². The summed E-state index contributed by atoms with van der Waals surface area (Å²) in [6, 6.07) is 14.7. The third kappa shape index (κ3) is 3.76. The van der Waals surface area contributed by atoms with E-state index in [1.54, 1.807) is 18.2 Å². The monoisotopic (exact) mass is 384 g/mol. The summed E-state index contributed by atoms with van der Waals surface area (Å²) in [4.78, 5) is 17.1. The molecule has 0 aromatic heterocycles. The molecule has 0 unspecified atom stereocenters. The summed E-state index contributed by atoms with van der Waals surface area (Å²) in [6.45, 7) is 6.17. The molecule has 1 fully saturated rings. The summed E-state index contributed by atoms with van der Waals surface area (Å²) in [6.07, 6.45) is 1.86. The van der Waals surface area contributed by atoms with Crippen LogP contribution in [0.1, 0.15) is 19.4 Å². The molecule has 6 heteroatoms. The molecular formula is C20H20N2O2S2. The van der Waals surface area contributed by atoms with Crippen LogP contribution in [0.5, 0.6) is 5.75 Å². The number of phenolic OH excluding ortho intramolecular Hbond substituents is 1. The Kier molecular flexibility index (Phi) is 5.64. The molecule has 0 spiro atoms. The first-order chi connectivity index (χ1) is 12.5. The molecule has 1 amide bonds. The van der Waals surface area contributed by atoms with Gasteiger partial charge in [-0.2, -0.15) is 0 Å². The van der Waals surface area contributed by atoms with Crippen LogP contribution in [0.25, 0.3) is 6.08 Å². The lowest BCUT2D eigenvalue weighted by molar-refractivity contribution is -0.113. The van der Waals surface area contributed by atoms with Crippen LogP contribution in [0, 0.1) is 0 Å². The molecular weight excluding hydrogens is 364 g/mol. The Balaban J connectivity index is 1.84. The van der Waals surface area contributed by atoms with E-state index in [0.717, 1.165) is 18.7 Å². The second-order valence-electron chi connectivity index (χ2n) is 5.80. The molecule has 1 aliphatic rings. The third-order valence-corrected chi connectivity index (χ3v) is 5.50. The van der Waals surface area contributed by atoms with Gasteiger partial charge in [0.2, 0.25) is 0 Å². The topological polar surface area (TPSA) is 43.8 Å². The number of carbonyl (C=O) groups excluding carboxylic acids is 1. The minimum atomic E-state index is -0.168. The van der Waals surface area contributed by atoms with Crippen LogP contribution >= 0.6 is 24.0 Å². The van der Waals surface area contributed by atoms with Crippen LogP contribution < -0.4 is 9.80 Å². The highest BCUT2D eigenvalue weighted by Crippen LogP contribution is 2.37. The van der Waals surface area contributed by atoms with Crippen molar-refractivity contribution < 1.29 is 9.90 Å².